The highest BCUT2D eigenvalue weighted by molar-refractivity contribution is 8.26. The lowest BCUT2D eigenvalue weighted by molar-refractivity contribution is -0.122. The number of hydrogen-bond donors (Lipinski definition) is 2. The second-order valence-electron chi connectivity index (χ2n) is 7.35. The average molecular weight is 471 g/mol. The normalized spacial score (nSPS) is 16.1. The summed E-state index contributed by atoms with van der Waals surface area (Å²) in [6.45, 7) is 0.738. The SMILES string of the molecule is O=C(CCCCCN1C(=O)C(=Cc2ccc3c(c2)OCO3)SC1=S)Nc1ccc(O)cc1. The maximum absolute atomic E-state index is 12.8. The summed E-state index contributed by atoms with van der Waals surface area (Å²) in [5.74, 6) is 1.36. The van der Waals surface area contributed by atoms with Crippen molar-refractivity contribution >= 4 is 51.9 Å². The number of hydrogen-bond acceptors (Lipinski definition) is 7. The van der Waals surface area contributed by atoms with Crippen molar-refractivity contribution < 1.29 is 24.2 Å². The van der Waals surface area contributed by atoms with E-state index in [1.165, 1.54) is 23.9 Å². The van der Waals surface area contributed by atoms with Crippen LogP contribution in [0.15, 0.2) is 47.4 Å². The van der Waals surface area contributed by atoms with Gasteiger partial charge in [0.05, 0.1) is 4.91 Å². The Morgan fingerprint density at radius 1 is 1.12 bits per heavy atom. The van der Waals surface area contributed by atoms with E-state index in [0.29, 0.717) is 45.8 Å². The van der Waals surface area contributed by atoms with Crippen molar-refractivity contribution in [3.05, 3.63) is 52.9 Å². The number of carbonyl (C=O) groups excluding carboxylic acids is 2. The predicted molar refractivity (Wildman–Crippen MR) is 128 cm³/mol. The van der Waals surface area contributed by atoms with Crippen LogP contribution in [0.3, 0.4) is 0 Å². The Balaban J connectivity index is 1.22. The maximum atomic E-state index is 12.8. The van der Waals surface area contributed by atoms with Gasteiger partial charge in [0, 0.05) is 18.7 Å². The quantitative estimate of drug-likeness (QED) is 0.254. The summed E-state index contributed by atoms with van der Waals surface area (Å²) in [7, 11) is 0. The van der Waals surface area contributed by atoms with Gasteiger partial charge in [0.25, 0.3) is 5.91 Å². The first-order valence-corrected chi connectivity index (χ1v) is 11.5. The second kappa shape index (κ2) is 10.1. The number of thiocarbonyl (C=S) groups is 1. The van der Waals surface area contributed by atoms with Gasteiger partial charge in [0.2, 0.25) is 12.7 Å². The van der Waals surface area contributed by atoms with E-state index in [2.05, 4.69) is 5.32 Å². The molecule has 0 radical (unpaired) electrons. The van der Waals surface area contributed by atoms with E-state index in [1.54, 1.807) is 17.0 Å². The molecule has 0 atom stereocenters. The lowest BCUT2D eigenvalue weighted by atomic mass is 10.1. The molecule has 0 aromatic heterocycles. The highest BCUT2D eigenvalue weighted by Gasteiger charge is 2.31. The number of nitrogens with zero attached hydrogens (tertiary/aromatic N) is 1. The Morgan fingerprint density at radius 2 is 1.91 bits per heavy atom. The Labute approximate surface area is 195 Å². The number of anilines is 1. The highest BCUT2D eigenvalue weighted by Crippen LogP contribution is 2.36. The smallest absolute Gasteiger partial charge is 0.266 e. The number of thioether (sulfide) groups is 1. The van der Waals surface area contributed by atoms with E-state index in [9.17, 15) is 14.7 Å². The molecule has 32 heavy (non-hydrogen) atoms. The summed E-state index contributed by atoms with van der Waals surface area (Å²) in [5.41, 5.74) is 1.51. The molecule has 2 aliphatic heterocycles. The number of fused-ring (bicyclic) bond motifs is 1. The van der Waals surface area contributed by atoms with E-state index < -0.39 is 0 Å². The lowest BCUT2D eigenvalue weighted by Gasteiger charge is -2.14. The van der Waals surface area contributed by atoms with Gasteiger partial charge in [-0.1, -0.05) is 36.5 Å². The summed E-state index contributed by atoms with van der Waals surface area (Å²) >= 11 is 6.69. The molecule has 2 aliphatic rings. The minimum atomic E-state index is -0.0947. The van der Waals surface area contributed by atoms with Gasteiger partial charge in [-0.15, -0.1) is 0 Å². The molecule has 9 heteroatoms. The molecule has 1 fully saturated rings. The predicted octanol–water partition coefficient (Wildman–Crippen LogP) is 4.52. The van der Waals surface area contributed by atoms with Gasteiger partial charge in [0.15, 0.2) is 11.5 Å². The van der Waals surface area contributed by atoms with Gasteiger partial charge < -0.3 is 19.9 Å². The first kappa shape index (κ1) is 22.2. The molecule has 0 aliphatic carbocycles. The van der Waals surface area contributed by atoms with E-state index in [-0.39, 0.29) is 24.4 Å². The first-order valence-electron chi connectivity index (χ1n) is 10.2. The van der Waals surface area contributed by atoms with Gasteiger partial charge in [-0.3, -0.25) is 14.5 Å². The number of phenols is 1. The summed E-state index contributed by atoms with van der Waals surface area (Å²) in [6, 6.07) is 11.9. The zero-order chi connectivity index (χ0) is 22.5. The van der Waals surface area contributed by atoms with Crippen LogP contribution in [0.25, 0.3) is 6.08 Å². The fourth-order valence-electron chi connectivity index (χ4n) is 3.35. The van der Waals surface area contributed by atoms with Crippen LogP contribution in [0, 0.1) is 0 Å². The van der Waals surface area contributed by atoms with E-state index in [1.807, 2.05) is 24.3 Å². The molecule has 7 nitrogen and oxygen atoms in total. The Hall–Kier alpha value is -3.04. The van der Waals surface area contributed by atoms with Gasteiger partial charge >= 0.3 is 0 Å². The molecule has 0 unspecified atom stereocenters. The fourth-order valence-corrected chi connectivity index (χ4v) is 4.66. The van der Waals surface area contributed by atoms with Crippen LogP contribution >= 0.6 is 24.0 Å². The largest absolute Gasteiger partial charge is 0.508 e. The number of aromatic hydroxyl groups is 1. The van der Waals surface area contributed by atoms with Gasteiger partial charge in [-0.2, -0.15) is 0 Å². The minimum absolute atomic E-state index is 0.0760. The second-order valence-corrected chi connectivity index (χ2v) is 9.03. The summed E-state index contributed by atoms with van der Waals surface area (Å²) in [5, 5.41) is 12.1. The minimum Gasteiger partial charge on any atom is -0.508 e. The van der Waals surface area contributed by atoms with Crippen LogP contribution in [-0.2, 0) is 9.59 Å². The molecule has 2 N–H and O–H groups in total. The van der Waals surface area contributed by atoms with Crippen LogP contribution in [-0.4, -0.2) is 39.5 Å². The molecule has 2 aromatic rings. The fraction of sp³-hybridized carbons (Fsp3) is 0.261. The number of nitrogens with one attached hydrogen (secondary N) is 1. The third-order valence-corrected chi connectivity index (χ3v) is 6.38. The Kier molecular flexibility index (Phi) is 6.96. The van der Waals surface area contributed by atoms with Crippen LogP contribution in [0.1, 0.15) is 31.2 Å². The Bertz CT molecular complexity index is 1070. The Morgan fingerprint density at radius 3 is 2.72 bits per heavy atom. The summed E-state index contributed by atoms with van der Waals surface area (Å²) < 4.78 is 11.2. The number of carbonyl (C=O) groups is 2. The molecular formula is C23H22N2O5S2. The number of benzene rings is 2. The monoisotopic (exact) mass is 470 g/mol. The van der Waals surface area contributed by atoms with Crippen molar-refractivity contribution in [2.45, 2.75) is 25.7 Å². The van der Waals surface area contributed by atoms with E-state index >= 15 is 0 Å². The molecule has 2 amide bonds. The molecular weight excluding hydrogens is 448 g/mol. The van der Waals surface area contributed by atoms with Gasteiger partial charge in [-0.25, -0.2) is 0 Å². The third-order valence-electron chi connectivity index (χ3n) is 5.00. The topological polar surface area (TPSA) is 88.1 Å². The molecule has 2 aromatic carbocycles. The summed E-state index contributed by atoms with van der Waals surface area (Å²) in [6.07, 6.45) is 4.49. The summed E-state index contributed by atoms with van der Waals surface area (Å²) in [4.78, 5) is 27.0. The van der Waals surface area contributed by atoms with Crippen LogP contribution < -0.4 is 14.8 Å². The first-order chi connectivity index (χ1) is 15.5. The number of amides is 2. The van der Waals surface area contributed by atoms with Crippen molar-refractivity contribution in [3.8, 4) is 17.2 Å². The molecule has 0 spiro atoms. The third kappa shape index (κ3) is 5.41. The van der Waals surface area contributed by atoms with Crippen molar-refractivity contribution in [1.82, 2.24) is 4.90 Å². The molecule has 0 bridgehead atoms. The van der Waals surface area contributed by atoms with Crippen LogP contribution in [0.5, 0.6) is 17.2 Å². The van der Waals surface area contributed by atoms with Crippen LogP contribution in [0.4, 0.5) is 5.69 Å². The zero-order valence-electron chi connectivity index (χ0n) is 17.2. The van der Waals surface area contributed by atoms with Gasteiger partial charge in [-0.05, 0) is 60.9 Å². The average Bonchev–Trinajstić information content (AvgIpc) is 3.34. The highest BCUT2D eigenvalue weighted by atomic mass is 32.2. The number of ether oxygens (including phenoxy) is 2. The van der Waals surface area contributed by atoms with E-state index in [4.69, 9.17) is 21.7 Å². The number of phenolic OH excluding ortho intramolecular Hbond substituents is 1. The number of rotatable bonds is 8. The molecule has 166 valence electrons. The lowest BCUT2D eigenvalue weighted by Crippen LogP contribution is -2.29. The van der Waals surface area contributed by atoms with Crippen molar-refractivity contribution in [3.63, 3.8) is 0 Å². The molecule has 0 saturated carbocycles. The molecule has 2 heterocycles. The standard InChI is InChI=1S/C23H22N2O5S2/c26-17-8-6-16(7-9-17)24-21(27)4-2-1-3-11-25-22(28)20(32-23(25)31)13-15-5-10-18-19(12-15)30-14-29-18/h5-10,12-13,26H,1-4,11,14H2,(H,24,27). The van der Waals surface area contributed by atoms with Crippen LogP contribution in [0.2, 0.25) is 0 Å². The van der Waals surface area contributed by atoms with Crippen molar-refractivity contribution in [2.24, 2.45) is 0 Å². The van der Waals surface area contributed by atoms with Gasteiger partial charge in [0.1, 0.15) is 10.1 Å². The van der Waals surface area contributed by atoms with E-state index in [0.717, 1.165) is 18.4 Å². The van der Waals surface area contributed by atoms with Crippen molar-refractivity contribution in [1.29, 1.82) is 0 Å². The maximum Gasteiger partial charge on any atom is 0.266 e. The van der Waals surface area contributed by atoms with Crippen molar-refractivity contribution in [2.75, 3.05) is 18.7 Å². The molecule has 4 rings (SSSR count). The number of unbranched alkanes of at least 4 members (excludes halogenated alkanes) is 2. The molecule has 1 saturated heterocycles. The zero-order valence-corrected chi connectivity index (χ0v) is 18.8.